The number of nitrogens with one attached hydrogen (secondary N) is 2. The summed E-state index contributed by atoms with van der Waals surface area (Å²) < 4.78 is 0. The van der Waals surface area contributed by atoms with Crippen molar-refractivity contribution in [3.63, 3.8) is 0 Å². The van der Waals surface area contributed by atoms with Gasteiger partial charge < -0.3 is 10.1 Å². The van der Waals surface area contributed by atoms with Gasteiger partial charge in [0.2, 0.25) is 0 Å². The number of fused-ring (bicyclic) bond motifs is 1. The Labute approximate surface area is 117 Å². The molecule has 3 rings (SSSR count). The number of Topliss-reactive ketones (excluding diaryl/α,β-unsaturated/α-hetero) is 1. The molecule has 0 unspecified atom stereocenters. The number of aliphatic imine (C=N–C) groups is 1. The van der Waals surface area contributed by atoms with Crippen molar-refractivity contribution in [1.82, 2.24) is 9.97 Å². The number of aromatic amines is 2. The summed E-state index contributed by atoms with van der Waals surface area (Å²) >= 11 is 0. The average molecular weight is 283 g/mol. The van der Waals surface area contributed by atoms with Gasteiger partial charge in [-0.15, -0.1) is 0 Å². The minimum absolute atomic E-state index is 0.00167. The Morgan fingerprint density at radius 1 is 1.10 bits per heavy atom. The molecule has 0 radical (unpaired) electrons. The number of carbonyl (C=O) groups is 1. The van der Waals surface area contributed by atoms with Gasteiger partial charge in [-0.3, -0.25) is 14.6 Å². The van der Waals surface area contributed by atoms with Gasteiger partial charge in [0.1, 0.15) is 11.4 Å². The topological polar surface area (TPSA) is 115 Å². The molecule has 0 saturated carbocycles. The Morgan fingerprint density at radius 2 is 1.81 bits per heavy atom. The number of ketones is 1. The third-order valence-electron chi connectivity index (χ3n) is 3.06. The normalized spacial score (nSPS) is 14.0. The zero-order chi connectivity index (χ0) is 15.0. The molecule has 0 saturated heterocycles. The second-order valence-corrected chi connectivity index (χ2v) is 4.35. The third kappa shape index (κ3) is 2.10. The zero-order valence-electron chi connectivity index (χ0n) is 10.6. The highest BCUT2D eigenvalue weighted by Crippen LogP contribution is 2.29. The first-order valence-electron chi connectivity index (χ1n) is 6.01. The van der Waals surface area contributed by atoms with Gasteiger partial charge in [-0.05, 0) is 0 Å². The first-order chi connectivity index (χ1) is 10.1. The van der Waals surface area contributed by atoms with Gasteiger partial charge in [0, 0.05) is 23.5 Å². The van der Waals surface area contributed by atoms with Crippen LogP contribution >= 0.6 is 0 Å². The molecule has 104 valence electrons. The highest BCUT2D eigenvalue weighted by Gasteiger charge is 2.27. The molecule has 7 nitrogen and oxygen atoms in total. The van der Waals surface area contributed by atoms with Crippen LogP contribution in [-0.4, -0.2) is 27.1 Å². The molecule has 0 amide bonds. The molecular formula is C14H9N3O4. The van der Waals surface area contributed by atoms with Crippen LogP contribution in [0.1, 0.15) is 15.9 Å². The lowest BCUT2D eigenvalue weighted by molar-refractivity contribution is 0.104. The fourth-order valence-electron chi connectivity index (χ4n) is 2.04. The Hall–Kier alpha value is -3.22. The van der Waals surface area contributed by atoms with Crippen molar-refractivity contribution in [2.45, 2.75) is 0 Å². The number of aliphatic hydroxyl groups is 1. The predicted molar refractivity (Wildman–Crippen MR) is 76.2 cm³/mol. The van der Waals surface area contributed by atoms with Crippen LogP contribution in [0.3, 0.4) is 0 Å². The van der Waals surface area contributed by atoms with Crippen LogP contribution < -0.4 is 11.2 Å². The standard InChI is InChI=1S/C14H9N3O4/c18-11-7-3-1-2-4-8(7)12(19)9(11)5-15-10-6-16-14(21)17-13(10)20/h1-6,18H,(H2,16,17,20,21). The lowest BCUT2D eigenvalue weighted by Crippen LogP contribution is -2.20. The summed E-state index contributed by atoms with van der Waals surface area (Å²) in [5.41, 5.74) is -0.588. The van der Waals surface area contributed by atoms with Crippen molar-refractivity contribution < 1.29 is 9.90 Å². The molecule has 2 aromatic rings. The van der Waals surface area contributed by atoms with E-state index in [9.17, 15) is 19.5 Å². The molecule has 3 N–H and O–H groups in total. The largest absolute Gasteiger partial charge is 0.506 e. The summed E-state index contributed by atoms with van der Waals surface area (Å²) in [6.45, 7) is 0. The summed E-state index contributed by atoms with van der Waals surface area (Å²) in [7, 11) is 0. The van der Waals surface area contributed by atoms with E-state index in [2.05, 4.69) is 9.98 Å². The first-order valence-corrected chi connectivity index (χ1v) is 6.01. The number of aromatic nitrogens is 2. The summed E-state index contributed by atoms with van der Waals surface area (Å²) in [6.07, 6.45) is 2.24. The van der Waals surface area contributed by atoms with Gasteiger partial charge in [-0.25, -0.2) is 9.79 Å². The lowest BCUT2D eigenvalue weighted by atomic mass is 10.1. The summed E-state index contributed by atoms with van der Waals surface area (Å²) in [6, 6.07) is 6.61. The second-order valence-electron chi connectivity index (χ2n) is 4.35. The van der Waals surface area contributed by atoms with E-state index in [0.717, 1.165) is 12.4 Å². The van der Waals surface area contributed by atoms with Crippen LogP contribution in [0.2, 0.25) is 0 Å². The molecule has 1 aromatic carbocycles. The van der Waals surface area contributed by atoms with Gasteiger partial charge in [0.05, 0.1) is 5.57 Å². The maximum absolute atomic E-state index is 12.1. The molecule has 1 aromatic heterocycles. The van der Waals surface area contributed by atoms with Crippen LogP contribution in [0, 0.1) is 0 Å². The number of benzene rings is 1. The van der Waals surface area contributed by atoms with Crippen molar-refractivity contribution >= 4 is 23.4 Å². The number of rotatable bonds is 2. The van der Waals surface area contributed by atoms with Crippen molar-refractivity contribution in [1.29, 1.82) is 0 Å². The highest BCUT2D eigenvalue weighted by molar-refractivity contribution is 6.30. The van der Waals surface area contributed by atoms with Gasteiger partial charge in [-0.2, -0.15) is 0 Å². The molecule has 1 aliphatic carbocycles. The number of nitrogens with zero attached hydrogens (tertiary/aromatic N) is 1. The van der Waals surface area contributed by atoms with E-state index in [4.69, 9.17) is 0 Å². The Morgan fingerprint density at radius 3 is 2.48 bits per heavy atom. The van der Waals surface area contributed by atoms with E-state index in [1.807, 2.05) is 4.98 Å². The third-order valence-corrected chi connectivity index (χ3v) is 3.06. The molecule has 7 heteroatoms. The first kappa shape index (κ1) is 12.8. The van der Waals surface area contributed by atoms with E-state index in [-0.39, 0.29) is 22.8 Å². The van der Waals surface area contributed by atoms with Crippen molar-refractivity contribution in [3.05, 3.63) is 68.0 Å². The fraction of sp³-hybridized carbons (Fsp3) is 0. The quantitative estimate of drug-likeness (QED) is 0.711. The Balaban J connectivity index is 2.02. The molecule has 0 fully saturated rings. The van der Waals surface area contributed by atoms with Crippen LogP contribution in [-0.2, 0) is 0 Å². The molecular weight excluding hydrogens is 274 g/mol. The number of H-pyrrole nitrogens is 2. The predicted octanol–water partition coefficient (Wildman–Crippen LogP) is 0.931. The van der Waals surface area contributed by atoms with Gasteiger partial charge in [0.25, 0.3) is 5.56 Å². The molecule has 1 aliphatic rings. The smallest absolute Gasteiger partial charge is 0.325 e. The Kier molecular flexibility index (Phi) is 2.87. The molecule has 0 aliphatic heterocycles. The van der Waals surface area contributed by atoms with Gasteiger partial charge >= 0.3 is 5.69 Å². The SMILES string of the molecule is O=C1C(C=Nc2c[nH]c(=O)[nH]c2=O)=C(O)c2ccccc21. The molecule has 0 atom stereocenters. The number of aliphatic hydroxyl groups excluding tert-OH is 1. The average Bonchev–Trinajstić information content (AvgIpc) is 2.71. The number of allylic oxidation sites excluding steroid dienone is 1. The fourth-order valence-corrected chi connectivity index (χ4v) is 2.04. The number of hydrogen-bond donors (Lipinski definition) is 3. The minimum Gasteiger partial charge on any atom is -0.506 e. The van der Waals surface area contributed by atoms with Crippen molar-refractivity contribution in [2.24, 2.45) is 4.99 Å². The summed E-state index contributed by atoms with van der Waals surface area (Å²) in [4.78, 5) is 42.6. The number of carbonyl (C=O) groups excluding carboxylic acids is 1. The zero-order valence-corrected chi connectivity index (χ0v) is 10.6. The maximum Gasteiger partial charge on any atom is 0.325 e. The minimum atomic E-state index is -0.682. The molecule has 0 spiro atoms. The van der Waals surface area contributed by atoms with E-state index in [0.29, 0.717) is 11.1 Å². The molecule has 1 heterocycles. The van der Waals surface area contributed by atoms with Gasteiger partial charge in [-0.1, -0.05) is 24.3 Å². The molecule has 0 bridgehead atoms. The van der Waals surface area contributed by atoms with E-state index in [1.165, 1.54) is 0 Å². The summed E-state index contributed by atoms with van der Waals surface area (Å²) in [5.74, 6) is -0.548. The van der Waals surface area contributed by atoms with Gasteiger partial charge in [0.15, 0.2) is 5.78 Å². The van der Waals surface area contributed by atoms with Crippen LogP contribution in [0.4, 0.5) is 5.69 Å². The van der Waals surface area contributed by atoms with E-state index < -0.39 is 11.2 Å². The summed E-state index contributed by atoms with van der Waals surface area (Å²) in [5, 5.41) is 10.0. The monoisotopic (exact) mass is 283 g/mol. The molecule has 21 heavy (non-hydrogen) atoms. The highest BCUT2D eigenvalue weighted by atomic mass is 16.3. The van der Waals surface area contributed by atoms with Crippen LogP contribution in [0.15, 0.2) is 50.6 Å². The van der Waals surface area contributed by atoms with Crippen molar-refractivity contribution in [3.8, 4) is 0 Å². The van der Waals surface area contributed by atoms with Crippen LogP contribution in [0.5, 0.6) is 0 Å². The van der Waals surface area contributed by atoms with E-state index in [1.54, 1.807) is 24.3 Å². The second kappa shape index (κ2) is 4.71. The lowest BCUT2D eigenvalue weighted by Gasteiger charge is -1.95. The number of hydrogen-bond acceptors (Lipinski definition) is 5. The maximum atomic E-state index is 12.1. The van der Waals surface area contributed by atoms with Crippen LogP contribution in [0.25, 0.3) is 5.76 Å². The Bertz CT molecular complexity index is 918. The van der Waals surface area contributed by atoms with E-state index >= 15 is 0 Å². The van der Waals surface area contributed by atoms with Crippen molar-refractivity contribution in [2.75, 3.05) is 0 Å².